The van der Waals surface area contributed by atoms with Crippen LogP contribution in [-0.2, 0) is 14.3 Å². The molecule has 7 heteroatoms. The molecule has 2 rings (SSSR count). The number of ether oxygens (including phenoxy) is 4. The first kappa shape index (κ1) is 19.6. The summed E-state index contributed by atoms with van der Waals surface area (Å²) in [4.78, 5) is 23.4. The smallest absolute Gasteiger partial charge is 0.305 e. The van der Waals surface area contributed by atoms with Gasteiger partial charge in [-0.1, -0.05) is 0 Å². The Kier molecular flexibility index (Phi) is 6.49. The van der Waals surface area contributed by atoms with Crippen molar-refractivity contribution in [1.29, 1.82) is 0 Å². The summed E-state index contributed by atoms with van der Waals surface area (Å²) >= 11 is 0. The fourth-order valence-corrected chi connectivity index (χ4v) is 2.52. The van der Waals surface area contributed by atoms with E-state index in [0.717, 1.165) is 5.56 Å². The van der Waals surface area contributed by atoms with Crippen molar-refractivity contribution in [3.8, 4) is 17.2 Å². The molecule has 1 heterocycles. The number of amides is 1. The zero-order chi connectivity index (χ0) is 19.2. The van der Waals surface area contributed by atoms with E-state index in [1.165, 1.54) is 13.2 Å². The second-order valence-electron chi connectivity index (χ2n) is 6.53. The first-order valence-corrected chi connectivity index (χ1v) is 8.39. The van der Waals surface area contributed by atoms with Gasteiger partial charge in [0.25, 0.3) is 0 Å². The van der Waals surface area contributed by atoms with Gasteiger partial charge in [-0.3, -0.25) is 9.59 Å². The molecule has 1 aliphatic rings. The highest BCUT2D eigenvalue weighted by molar-refractivity contribution is 5.92. The van der Waals surface area contributed by atoms with Crippen molar-refractivity contribution in [1.82, 2.24) is 5.32 Å². The lowest BCUT2D eigenvalue weighted by Gasteiger charge is -2.25. The lowest BCUT2D eigenvalue weighted by atomic mass is 9.98. The molecule has 0 radical (unpaired) electrons. The number of benzene rings is 1. The van der Waals surface area contributed by atoms with Crippen LogP contribution < -0.4 is 19.5 Å². The van der Waals surface area contributed by atoms with Crippen LogP contribution >= 0.6 is 0 Å². The molecular formula is C19H25NO6. The number of rotatable bonds is 7. The molecule has 0 spiro atoms. The molecule has 0 aromatic heterocycles. The molecular weight excluding hydrogens is 338 g/mol. The van der Waals surface area contributed by atoms with Crippen LogP contribution in [-0.4, -0.2) is 44.8 Å². The van der Waals surface area contributed by atoms with Gasteiger partial charge < -0.3 is 24.3 Å². The molecule has 142 valence electrons. The average Bonchev–Trinajstić information content (AvgIpc) is 2.63. The third-order valence-corrected chi connectivity index (χ3v) is 3.92. The molecule has 7 nitrogen and oxygen atoms in total. The van der Waals surface area contributed by atoms with E-state index in [-0.39, 0.29) is 18.3 Å². The second kappa shape index (κ2) is 8.60. The summed E-state index contributed by atoms with van der Waals surface area (Å²) in [5.74, 6) is 1.17. The van der Waals surface area contributed by atoms with Crippen LogP contribution in [0.1, 0.15) is 32.3 Å². The minimum Gasteiger partial charge on any atom is -0.493 e. The predicted molar refractivity (Wildman–Crippen MR) is 96.5 cm³/mol. The van der Waals surface area contributed by atoms with Crippen molar-refractivity contribution in [3.05, 3.63) is 23.8 Å². The van der Waals surface area contributed by atoms with Crippen molar-refractivity contribution in [2.45, 2.75) is 32.2 Å². The second-order valence-corrected chi connectivity index (χ2v) is 6.53. The fraction of sp³-hybridized carbons (Fsp3) is 0.474. The monoisotopic (exact) mass is 363 g/mol. The highest BCUT2D eigenvalue weighted by atomic mass is 16.6. The van der Waals surface area contributed by atoms with E-state index in [9.17, 15) is 9.59 Å². The number of fused-ring (bicyclic) bond motifs is 1. The zero-order valence-corrected chi connectivity index (χ0v) is 15.6. The largest absolute Gasteiger partial charge is 0.493 e. The maximum absolute atomic E-state index is 12.2. The summed E-state index contributed by atoms with van der Waals surface area (Å²) < 4.78 is 21.1. The van der Waals surface area contributed by atoms with E-state index < -0.39 is 5.54 Å². The highest BCUT2D eigenvalue weighted by Crippen LogP contribution is 2.40. The van der Waals surface area contributed by atoms with Crippen molar-refractivity contribution in [2.75, 3.05) is 27.4 Å². The van der Waals surface area contributed by atoms with E-state index in [4.69, 9.17) is 14.2 Å². The van der Waals surface area contributed by atoms with E-state index >= 15 is 0 Å². The minimum atomic E-state index is -0.528. The summed E-state index contributed by atoms with van der Waals surface area (Å²) in [6.07, 6.45) is 3.83. The van der Waals surface area contributed by atoms with Crippen LogP contribution in [0, 0.1) is 0 Å². The van der Waals surface area contributed by atoms with Crippen molar-refractivity contribution in [3.63, 3.8) is 0 Å². The maximum atomic E-state index is 12.2. The summed E-state index contributed by atoms with van der Waals surface area (Å²) in [5, 5.41) is 2.88. The summed E-state index contributed by atoms with van der Waals surface area (Å²) in [6, 6.07) is 3.57. The van der Waals surface area contributed by atoms with Gasteiger partial charge in [-0.05, 0) is 44.0 Å². The first-order valence-electron chi connectivity index (χ1n) is 8.39. The number of carbonyl (C=O) groups excluding carboxylic acids is 2. The standard InChI is InChI=1S/C19H25NO6/c1-19(2,8-7-17(22)24-4)20-16(21)6-5-13-11-14(23-3)18-15(12-13)25-9-10-26-18/h5-6,11-12H,7-10H2,1-4H3,(H,20,21). The summed E-state index contributed by atoms with van der Waals surface area (Å²) in [7, 11) is 2.90. The molecule has 0 aliphatic carbocycles. The van der Waals surface area contributed by atoms with Crippen molar-refractivity contribution in [2.24, 2.45) is 0 Å². The maximum Gasteiger partial charge on any atom is 0.305 e. The Morgan fingerprint density at radius 2 is 1.96 bits per heavy atom. The van der Waals surface area contributed by atoms with Crippen LogP contribution in [0.3, 0.4) is 0 Å². The number of nitrogens with one attached hydrogen (secondary N) is 1. The zero-order valence-electron chi connectivity index (χ0n) is 15.6. The first-order chi connectivity index (χ1) is 12.3. The van der Waals surface area contributed by atoms with Gasteiger partial charge in [0.2, 0.25) is 11.7 Å². The Morgan fingerprint density at radius 1 is 1.23 bits per heavy atom. The average molecular weight is 363 g/mol. The molecule has 0 fully saturated rings. The highest BCUT2D eigenvalue weighted by Gasteiger charge is 2.21. The van der Waals surface area contributed by atoms with Crippen LogP contribution in [0.4, 0.5) is 0 Å². The van der Waals surface area contributed by atoms with Gasteiger partial charge in [-0.15, -0.1) is 0 Å². The van der Waals surface area contributed by atoms with Gasteiger partial charge in [0.15, 0.2) is 11.5 Å². The molecule has 1 aromatic rings. The number of carbonyl (C=O) groups is 2. The molecule has 1 amide bonds. The number of methoxy groups -OCH3 is 2. The van der Waals surface area contributed by atoms with Gasteiger partial charge in [0, 0.05) is 18.0 Å². The van der Waals surface area contributed by atoms with E-state index in [1.54, 1.807) is 25.3 Å². The molecule has 1 aromatic carbocycles. The normalized spacial score (nSPS) is 13.4. The topological polar surface area (TPSA) is 83.1 Å². The summed E-state index contributed by atoms with van der Waals surface area (Å²) in [5.41, 5.74) is 0.230. The van der Waals surface area contributed by atoms with E-state index in [2.05, 4.69) is 10.1 Å². The molecule has 1 aliphatic heterocycles. The van der Waals surface area contributed by atoms with Gasteiger partial charge in [-0.2, -0.15) is 0 Å². The summed E-state index contributed by atoms with van der Waals surface area (Å²) in [6.45, 7) is 4.66. The van der Waals surface area contributed by atoms with Crippen LogP contribution in [0.5, 0.6) is 17.2 Å². The molecule has 0 unspecified atom stereocenters. The van der Waals surface area contributed by atoms with Crippen molar-refractivity contribution >= 4 is 18.0 Å². The van der Waals surface area contributed by atoms with E-state index in [0.29, 0.717) is 36.9 Å². The molecule has 0 atom stereocenters. The molecule has 0 saturated heterocycles. The molecule has 1 N–H and O–H groups in total. The SMILES string of the molecule is COC(=O)CCC(C)(C)NC(=O)C=Cc1cc(OC)c2c(c1)OCCO2. The van der Waals surface area contributed by atoms with Gasteiger partial charge in [-0.25, -0.2) is 0 Å². The Labute approximate surface area is 153 Å². The van der Waals surface area contributed by atoms with Crippen molar-refractivity contribution < 1.29 is 28.5 Å². The van der Waals surface area contributed by atoms with Gasteiger partial charge in [0.05, 0.1) is 14.2 Å². The predicted octanol–water partition coefficient (Wildman–Crippen LogP) is 2.33. The van der Waals surface area contributed by atoms with Crippen LogP contribution in [0.15, 0.2) is 18.2 Å². The van der Waals surface area contributed by atoms with E-state index in [1.807, 2.05) is 13.8 Å². The van der Waals surface area contributed by atoms with Crippen LogP contribution in [0.25, 0.3) is 6.08 Å². The Morgan fingerprint density at radius 3 is 2.65 bits per heavy atom. The van der Waals surface area contributed by atoms with Gasteiger partial charge in [0.1, 0.15) is 13.2 Å². The molecule has 26 heavy (non-hydrogen) atoms. The third kappa shape index (κ3) is 5.40. The lowest BCUT2D eigenvalue weighted by Crippen LogP contribution is -2.42. The van der Waals surface area contributed by atoms with Gasteiger partial charge >= 0.3 is 5.97 Å². The lowest BCUT2D eigenvalue weighted by molar-refractivity contribution is -0.141. The number of esters is 1. The Balaban J connectivity index is 2.02. The quantitative estimate of drug-likeness (QED) is 0.591. The molecule has 0 bridgehead atoms. The Hall–Kier alpha value is -2.70. The number of hydrogen-bond donors (Lipinski definition) is 1. The third-order valence-electron chi connectivity index (χ3n) is 3.92. The Bertz CT molecular complexity index is 678. The van der Waals surface area contributed by atoms with Crippen LogP contribution in [0.2, 0.25) is 0 Å². The minimum absolute atomic E-state index is 0.243. The fourth-order valence-electron chi connectivity index (χ4n) is 2.52. The molecule has 0 saturated carbocycles. The number of hydrogen-bond acceptors (Lipinski definition) is 6.